The molecular weight excluding hydrogens is 328 g/mol. The number of rotatable bonds is 8. The van der Waals surface area contributed by atoms with Gasteiger partial charge in [-0.1, -0.05) is 18.2 Å². The summed E-state index contributed by atoms with van der Waals surface area (Å²) in [5, 5.41) is 12.4. The second kappa shape index (κ2) is 8.72. The quantitative estimate of drug-likeness (QED) is 0.356. The van der Waals surface area contributed by atoms with Crippen LogP contribution in [0.2, 0.25) is 0 Å². The number of amides is 2. The van der Waals surface area contributed by atoms with Gasteiger partial charge in [0.05, 0.1) is 6.04 Å². The van der Waals surface area contributed by atoms with Crippen LogP contribution in [0.15, 0.2) is 30.5 Å². The fraction of sp³-hybridized carbons (Fsp3) is 0.375. The minimum absolute atomic E-state index is 0.353. The first-order valence-corrected chi connectivity index (χ1v) is 9.00. The maximum atomic E-state index is 12.3. The molecule has 0 aliphatic rings. The molecule has 0 spiro atoms. The topological polar surface area (TPSA) is 120 Å². The second-order valence-electron chi connectivity index (χ2n) is 5.49. The highest BCUT2D eigenvalue weighted by molar-refractivity contribution is 7.98. The van der Waals surface area contributed by atoms with Gasteiger partial charge in [0.1, 0.15) is 6.04 Å². The van der Waals surface area contributed by atoms with E-state index in [2.05, 4.69) is 10.3 Å². The Hall–Kier alpha value is -2.03. The molecule has 1 unspecified atom stereocenters. The van der Waals surface area contributed by atoms with Crippen molar-refractivity contribution in [3.8, 4) is 0 Å². The SMILES string of the molecule is CSCC[C@H](NC(=O)C(N)Cc1c[nH]c2ccccc12)C(=O)NO. The van der Waals surface area contributed by atoms with Gasteiger partial charge in [-0.05, 0) is 36.5 Å². The van der Waals surface area contributed by atoms with Crippen molar-refractivity contribution < 1.29 is 14.8 Å². The van der Waals surface area contributed by atoms with E-state index in [4.69, 9.17) is 10.9 Å². The molecule has 8 heteroatoms. The molecule has 0 saturated carbocycles. The van der Waals surface area contributed by atoms with Gasteiger partial charge in [-0.2, -0.15) is 11.8 Å². The van der Waals surface area contributed by atoms with Crippen LogP contribution in [-0.4, -0.2) is 46.1 Å². The number of hydrogen-bond donors (Lipinski definition) is 5. The molecule has 0 aliphatic carbocycles. The summed E-state index contributed by atoms with van der Waals surface area (Å²) in [7, 11) is 0. The number of benzene rings is 1. The van der Waals surface area contributed by atoms with Gasteiger partial charge >= 0.3 is 0 Å². The van der Waals surface area contributed by atoms with Crippen molar-refractivity contribution in [2.75, 3.05) is 12.0 Å². The fourth-order valence-electron chi connectivity index (χ4n) is 2.49. The maximum Gasteiger partial charge on any atom is 0.265 e. The van der Waals surface area contributed by atoms with E-state index in [1.807, 2.05) is 36.7 Å². The first kappa shape index (κ1) is 18.3. The van der Waals surface area contributed by atoms with Crippen molar-refractivity contribution in [3.05, 3.63) is 36.0 Å². The third kappa shape index (κ3) is 4.50. The van der Waals surface area contributed by atoms with Crippen LogP contribution in [0, 0.1) is 0 Å². The molecule has 7 nitrogen and oxygen atoms in total. The van der Waals surface area contributed by atoms with Gasteiger partial charge in [-0.15, -0.1) is 0 Å². The summed E-state index contributed by atoms with van der Waals surface area (Å²) < 4.78 is 0. The minimum Gasteiger partial charge on any atom is -0.361 e. The van der Waals surface area contributed by atoms with Crippen LogP contribution >= 0.6 is 11.8 Å². The zero-order chi connectivity index (χ0) is 17.5. The number of carbonyl (C=O) groups excluding carboxylic acids is 2. The number of hydroxylamine groups is 1. The van der Waals surface area contributed by atoms with Crippen molar-refractivity contribution in [3.63, 3.8) is 0 Å². The van der Waals surface area contributed by atoms with Gasteiger partial charge in [-0.3, -0.25) is 14.8 Å². The Balaban J connectivity index is 2.01. The van der Waals surface area contributed by atoms with Crippen LogP contribution in [0.25, 0.3) is 10.9 Å². The summed E-state index contributed by atoms with van der Waals surface area (Å²) in [6, 6.07) is 6.19. The number of H-pyrrole nitrogens is 1. The molecule has 0 bridgehead atoms. The fourth-order valence-corrected chi connectivity index (χ4v) is 2.96. The molecule has 130 valence electrons. The third-order valence-corrected chi connectivity index (χ3v) is 4.45. The number of nitrogens with one attached hydrogen (secondary N) is 3. The monoisotopic (exact) mass is 350 g/mol. The Kier molecular flexibility index (Phi) is 6.65. The van der Waals surface area contributed by atoms with Gasteiger partial charge in [0.15, 0.2) is 0 Å². The molecule has 2 aromatic rings. The van der Waals surface area contributed by atoms with Crippen LogP contribution in [0.3, 0.4) is 0 Å². The van der Waals surface area contributed by atoms with Crippen molar-refractivity contribution in [1.82, 2.24) is 15.8 Å². The molecule has 0 saturated heterocycles. The lowest BCUT2D eigenvalue weighted by molar-refractivity contribution is -0.135. The van der Waals surface area contributed by atoms with Gasteiger partial charge in [-0.25, -0.2) is 5.48 Å². The summed E-state index contributed by atoms with van der Waals surface area (Å²) in [5.41, 5.74) is 9.50. The van der Waals surface area contributed by atoms with E-state index >= 15 is 0 Å². The Labute approximate surface area is 144 Å². The number of para-hydroxylation sites is 1. The third-order valence-electron chi connectivity index (χ3n) is 3.81. The first-order chi connectivity index (χ1) is 11.6. The molecule has 0 aliphatic heterocycles. The van der Waals surface area contributed by atoms with E-state index in [-0.39, 0.29) is 0 Å². The lowest BCUT2D eigenvalue weighted by atomic mass is 10.0. The summed E-state index contributed by atoms with van der Waals surface area (Å²) >= 11 is 1.55. The summed E-state index contributed by atoms with van der Waals surface area (Å²) in [6.07, 6.45) is 4.51. The highest BCUT2D eigenvalue weighted by Crippen LogP contribution is 2.18. The van der Waals surface area contributed by atoms with Gasteiger partial charge < -0.3 is 16.0 Å². The Morgan fingerprint density at radius 2 is 2.08 bits per heavy atom. The number of fused-ring (bicyclic) bond motifs is 1. The highest BCUT2D eigenvalue weighted by Gasteiger charge is 2.23. The molecular formula is C16H22N4O3S. The van der Waals surface area contributed by atoms with Gasteiger partial charge in [0.25, 0.3) is 5.91 Å². The van der Waals surface area contributed by atoms with Crippen LogP contribution in [0.5, 0.6) is 0 Å². The van der Waals surface area contributed by atoms with Gasteiger partial charge in [0, 0.05) is 17.1 Å². The molecule has 2 amide bonds. The van der Waals surface area contributed by atoms with E-state index in [1.165, 1.54) is 0 Å². The van der Waals surface area contributed by atoms with Gasteiger partial charge in [0.2, 0.25) is 5.91 Å². The zero-order valence-corrected chi connectivity index (χ0v) is 14.2. The van der Waals surface area contributed by atoms with Crippen LogP contribution in [0.4, 0.5) is 0 Å². The molecule has 0 radical (unpaired) electrons. The molecule has 1 aromatic heterocycles. The molecule has 1 aromatic carbocycles. The summed E-state index contributed by atoms with van der Waals surface area (Å²) in [5.74, 6) is -0.387. The Morgan fingerprint density at radius 1 is 1.33 bits per heavy atom. The normalized spacial score (nSPS) is 13.5. The van der Waals surface area contributed by atoms with Crippen molar-refractivity contribution in [1.29, 1.82) is 0 Å². The first-order valence-electron chi connectivity index (χ1n) is 7.60. The van der Waals surface area contributed by atoms with E-state index in [9.17, 15) is 9.59 Å². The van der Waals surface area contributed by atoms with E-state index < -0.39 is 23.9 Å². The molecule has 6 N–H and O–H groups in total. The molecule has 2 rings (SSSR count). The molecule has 1 heterocycles. The number of nitrogens with two attached hydrogens (primary N) is 1. The number of aromatic amines is 1. The lowest BCUT2D eigenvalue weighted by Gasteiger charge is -2.19. The van der Waals surface area contributed by atoms with Crippen LogP contribution in [0.1, 0.15) is 12.0 Å². The number of thioether (sulfide) groups is 1. The predicted molar refractivity (Wildman–Crippen MR) is 94.8 cm³/mol. The number of hydrogen-bond acceptors (Lipinski definition) is 5. The number of aromatic nitrogens is 1. The van der Waals surface area contributed by atoms with Crippen molar-refractivity contribution in [2.45, 2.75) is 24.9 Å². The van der Waals surface area contributed by atoms with Crippen LogP contribution in [-0.2, 0) is 16.0 Å². The average molecular weight is 350 g/mol. The maximum absolute atomic E-state index is 12.3. The summed E-state index contributed by atoms with van der Waals surface area (Å²) in [6.45, 7) is 0. The summed E-state index contributed by atoms with van der Waals surface area (Å²) in [4.78, 5) is 27.1. The van der Waals surface area contributed by atoms with Crippen LogP contribution < -0.4 is 16.5 Å². The predicted octanol–water partition coefficient (Wildman–Crippen LogP) is 0.781. The highest BCUT2D eigenvalue weighted by atomic mass is 32.2. The molecule has 0 fully saturated rings. The van der Waals surface area contributed by atoms with E-state index in [0.29, 0.717) is 18.6 Å². The standard InChI is InChI=1S/C16H22N4O3S/c1-24-7-6-14(16(22)20-23)19-15(21)12(17)8-10-9-18-13-5-3-2-4-11(10)13/h2-5,9,12,14,18,23H,6-8,17H2,1H3,(H,19,21)(H,20,22)/t12?,14-/m0/s1. The molecule has 2 atom stereocenters. The van der Waals surface area contributed by atoms with E-state index in [0.717, 1.165) is 16.5 Å². The van der Waals surface area contributed by atoms with E-state index in [1.54, 1.807) is 17.2 Å². The second-order valence-corrected chi connectivity index (χ2v) is 6.47. The molecule has 24 heavy (non-hydrogen) atoms. The Bertz CT molecular complexity index is 703. The largest absolute Gasteiger partial charge is 0.361 e. The minimum atomic E-state index is -0.802. The Morgan fingerprint density at radius 3 is 2.79 bits per heavy atom. The smallest absolute Gasteiger partial charge is 0.265 e. The average Bonchev–Trinajstić information content (AvgIpc) is 3.00. The number of carbonyl (C=O) groups is 2. The van der Waals surface area contributed by atoms with Crippen molar-refractivity contribution >= 4 is 34.5 Å². The zero-order valence-electron chi connectivity index (χ0n) is 13.4. The van der Waals surface area contributed by atoms with Crippen molar-refractivity contribution in [2.24, 2.45) is 5.73 Å². The lowest BCUT2D eigenvalue weighted by Crippen LogP contribution is -2.51.